The van der Waals surface area contributed by atoms with Gasteiger partial charge in [0.05, 0.1) is 31.5 Å². The minimum atomic E-state index is -0.261. The largest absolute Gasteiger partial charge is 0.382 e. The van der Waals surface area contributed by atoms with E-state index in [-0.39, 0.29) is 6.03 Å². The van der Waals surface area contributed by atoms with Crippen LogP contribution in [0.5, 0.6) is 0 Å². The van der Waals surface area contributed by atoms with Gasteiger partial charge in [0.1, 0.15) is 0 Å². The molecular weight excluding hydrogens is 428 g/mol. The summed E-state index contributed by atoms with van der Waals surface area (Å²) in [5, 5.41) is 15.2. The molecule has 0 aliphatic carbocycles. The van der Waals surface area contributed by atoms with E-state index >= 15 is 0 Å². The average Bonchev–Trinajstić information content (AvgIpc) is 2.80. The molecule has 0 saturated heterocycles. The maximum Gasteiger partial charge on any atom is 0.319 e. The van der Waals surface area contributed by atoms with E-state index in [2.05, 4.69) is 27.7 Å². The molecule has 7 nitrogen and oxygen atoms in total. The smallest absolute Gasteiger partial charge is 0.319 e. The number of halogens is 1. The Morgan fingerprint density at radius 2 is 1.91 bits per heavy atom. The number of anilines is 1. The molecule has 0 aliphatic rings. The molecule has 172 valence electrons. The fourth-order valence-corrected chi connectivity index (χ4v) is 3.27. The van der Waals surface area contributed by atoms with Crippen LogP contribution in [-0.4, -0.2) is 64.0 Å². The third-order valence-electron chi connectivity index (χ3n) is 4.80. The van der Waals surface area contributed by atoms with Crippen molar-refractivity contribution in [1.82, 2.24) is 10.2 Å². The first kappa shape index (κ1) is 25.6. The molecule has 2 N–H and O–H groups in total. The summed E-state index contributed by atoms with van der Waals surface area (Å²) in [6, 6.07) is 16.5. The molecule has 2 amide bonds. The quantitative estimate of drug-likeness (QED) is 0.419. The predicted octanol–water partition coefficient (Wildman–Crippen LogP) is 3.93. The predicted molar refractivity (Wildman–Crippen MR) is 127 cm³/mol. The van der Waals surface area contributed by atoms with Gasteiger partial charge in [-0.1, -0.05) is 23.7 Å². The monoisotopic (exact) mass is 458 g/mol. The van der Waals surface area contributed by atoms with Crippen molar-refractivity contribution >= 4 is 23.3 Å². The Hall–Kier alpha value is -2.63. The third kappa shape index (κ3) is 10.6. The molecule has 8 heteroatoms. The van der Waals surface area contributed by atoms with Crippen molar-refractivity contribution in [3.8, 4) is 6.07 Å². The van der Waals surface area contributed by atoms with Gasteiger partial charge in [0.2, 0.25) is 0 Å². The van der Waals surface area contributed by atoms with E-state index in [0.717, 1.165) is 37.5 Å². The van der Waals surface area contributed by atoms with Crippen LogP contribution in [0.1, 0.15) is 17.5 Å². The van der Waals surface area contributed by atoms with Crippen molar-refractivity contribution in [2.24, 2.45) is 0 Å². The molecule has 0 heterocycles. The van der Waals surface area contributed by atoms with Crippen LogP contribution in [0.3, 0.4) is 0 Å². The van der Waals surface area contributed by atoms with E-state index < -0.39 is 0 Å². The minimum absolute atomic E-state index is 0.261. The van der Waals surface area contributed by atoms with E-state index in [1.165, 1.54) is 5.56 Å². The van der Waals surface area contributed by atoms with Gasteiger partial charge in [-0.15, -0.1) is 0 Å². The summed E-state index contributed by atoms with van der Waals surface area (Å²) in [5.41, 5.74) is 2.40. The number of hydrogen-bond donors (Lipinski definition) is 2. The van der Waals surface area contributed by atoms with Crippen LogP contribution in [0.25, 0.3) is 0 Å². The summed E-state index contributed by atoms with van der Waals surface area (Å²) in [6.07, 6.45) is 1.71. The fourth-order valence-electron chi connectivity index (χ4n) is 3.06. The van der Waals surface area contributed by atoms with Gasteiger partial charge in [0, 0.05) is 37.5 Å². The minimum Gasteiger partial charge on any atom is -0.382 e. The summed E-state index contributed by atoms with van der Waals surface area (Å²) < 4.78 is 10.6. The van der Waals surface area contributed by atoms with E-state index in [9.17, 15) is 4.79 Å². The normalized spacial score (nSPS) is 10.7. The standard InChI is InChI=1S/C24H31ClN4O3/c1-31-16-17-32-15-14-29(13-10-20-4-2-5-22(25)18-20)12-3-11-27-24(30)28-23-8-6-21(19-26)7-9-23/h2,4-9,18H,3,10-17H2,1H3,(H2,27,28,30). The topological polar surface area (TPSA) is 86.6 Å². The molecule has 2 aromatic carbocycles. The maximum absolute atomic E-state index is 12.1. The van der Waals surface area contributed by atoms with Gasteiger partial charge >= 0.3 is 6.03 Å². The number of carbonyl (C=O) groups excluding carboxylic acids is 1. The fraction of sp³-hybridized carbons (Fsp3) is 0.417. The van der Waals surface area contributed by atoms with Crippen LogP contribution < -0.4 is 10.6 Å². The van der Waals surface area contributed by atoms with Crippen LogP contribution in [0.4, 0.5) is 10.5 Å². The van der Waals surface area contributed by atoms with Crippen molar-refractivity contribution in [1.29, 1.82) is 5.26 Å². The van der Waals surface area contributed by atoms with Crippen LogP contribution in [0, 0.1) is 11.3 Å². The van der Waals surface area contributed by atoms with Gasteiger partial charge in [0.15, 0.2) is 0 Å². The molecule has 0 fully saturated rings. The van der Waals surface area contributed by atoms with Gasteiger partial charge in [-0.05, 0) is 61.3 Å². The first-order valence-electron chi connectivity index (χ1n) is 10.7. The number of urea groups is 1. The highest BCUT2D eigenvalue weighted by molar-refractivity contribution is 6.30. The van der Waals surface area contributed by atoms with Gasteiger partial charge in [-0.2, -0.15) is 5.26 Å². The van der Waals surface area contributed by atoms with Crippen LogP contribution >= 0.6 is 11.6 Å². The molecule has 0 bridgehead atoms. The van der Waals surface area contributed by atoms with Crippen LogP contribution in [0.2, 0.25) is 5.02 Å². The molecule has 0 radical (unpaired) electrons. The number of ether oxygens (including phenoxy) is 2. The highest BCUT2D eigenvalue weighted by Crippen LogP contribution is 2.12. The lowest BCUT2D eigenvalue weighted by atomic mass is 10.1. The zero-order chi connectivity index (χ0) is 23.0. The third-order valence-corrected chi connectivity index (χ3v) is 5.03. The molecule has 0 aromatic heterocycles. The van der Waals surface area contributed by atoms with Gasteiger partial charge < -0.3 is 25.0 Å². The number of nitrogens with one attached hydrogen (secondary N) is 2. The molecule has 2 rings (SSSR count). The number of rotatable bonds is 14. The number of nitrogens with zero attached hydrogens (tertiary/aromatic N) is 2. The highest BCUT2D eigenvalue weighted by Gasteiger charge is 2.07. The van der Waals surface area contributed by atoms with Crippen LogP contribution in [0.15, 0.2) is 48.5 Å². The molecule has 2 aromatic rings. The van der Waals surface area contributed by atoms with E-state index in [0.29, 0.717) is 37.6 Å². The Balaban J connectivity index is 1.73. The molecule has 0 saturated carbocycles. The first-order valence-corrected chi connectivity index (χ1v) is 11.1. The number of carbonyl (C=O) groups is 1. The second-order valence-corrected chi connectivity index (χ2v) is 7.69. The van der Waals surface area contributed by atoms with Gasteiger partial charge in [-0.25, -0.2) is 4.79 Å². The van der Waals surface area contributed by atoms with Crippen molar-refractivity contribution in [3.05, 3.63) is 64.7 Å². The number of hydrogen-bond acceptors (Lipinski definition) is 5. The first-order chi connectivity index (χ1) is 15.6. The SMILES string of the molecule is COCCOCCN(CCCNC(=O)Nc1ccc(C#N)cc1)CCc1cccc(Cl)c1. The Morgan fingerprint density at radius 1 is 1.09 bits per heavy atom. The Bertz CT molecular complexity index is 855. The number of amides is 2. The van der Waals surface area contributed by atoms with Crippen molar-refractivity contribution in [3.63, 3.8) is 0 Å². The van der Waals surface area contributed by atoms with E-state index in [4.69, 9.17) is 26.3 Å². The van der Waals surface area contributed by atoms with Gasteiger partial charge in [0.25, 0.3) is 0 Å². The number of methoxy groups -OCH3 is 1. The zero-order valence-corrected chi connectivity index (χ0v) is 19.2. The van der Waals surface area contributed by atoms with Crippen LogP contribution in [-0.2, 0) is 15.9 Å². The molecular formula is C24H31ClN4O3. The van der Waals surface area contributed by atoms with Gasteiger partial charge in [-0.3, -0.25) is 0 Å². The molecule has 0 aliphatic heterocycles. The second-order valence-electron chi connectivity index (χ2n) is 7.25. The van der Waals surface area contributed by atoms with Crippen molar-refractivity contribution in [2.45, 2.75) is 12.8 Å². The highest BCUT2D eigenvalue weighted by atomic mass is 35.5. The number of benzene rings is 2. The molecule has 32 heavy (non-hydrogen) atoms. The Kier molecular flexibility index (Phi) is 12.2. The Morgan fingerprint density at radius 3 is 2.62 bits per heavy atom. The van der Waals surface area contributed by atoms with E-state index in [1.54, 1.807) is 31.4 Å². The summed E-state index contributed by atoms with van der Waals surface area (Å²) in [6.45, 7) is 4.88. The summed E-state index contributed by atoms with van der Waals surface area (Å²) in [7, 11) is 1.66. The van der Waals surface area contributed by atoms with Crippen molar-refractivity contribution < 1.29 is 14.3 Å². The number of nitriles is 1. The summed E-state index contributed by atoms with van der Waals surface area (Å²) >= 11 is 6.09. The van der Waals surface area contributed by atoms with E-state index in [1.807, 2.05) is 18.2 Å². The lowest BCUT2D eigenvalue weighted by Crippen LogP contribution is -2.35. The Labute approximate surface area is 195 Å². The summed E-state index contributed by atoms with van der Waals surface area (Å²) in [4.78, 5) is 14.4. The lowest BCUT2D eigenvalue weighted by molar-refractivity contribution is 0.0571. The maximum atomic E-state index is 12.1. The summed E-state index contributed by atoms with van der Waals surface area (Å²) in [5.74, 6) is 0. The lowest BCUT2D eigenvalue weighted by Gasteiger charge is -2.22. The van der Waals surface area contributed by atoms with Crippen molar-refractivity contribution in [2.75, 3.05) is 58.4 Å². The second kappa shape index (κ2) is 15.2. The molecule has 0 unspecified atom stereocenters. The molecule has 0 atom stereocenters. The molecule has 0 spiro atoms. The zero-order valence-electron chi connectivity index (χ0n) is 18.5. The average molecular weight is 459 g/mol.